The molecule has 2 N–H and O–H groups in total. The van der Waals surface area contributed by atoms with Crippen LogP contribution in [0, 0.1) is 10.1 Å². The fourth-order valence-electron chi connectivity index (χ4n) is 2.36. The average Bonchev–Trinajstić information content (AvgIpc) is 2.89. The van der Waals surface area contributed by atoms with E-state index in [1.165, 1.54) is 18.9 Å². The summed E-state index contributed by atoms with van der Waals surface area (Å²) in [5.74, 6) is 0. The van der Waals surface area contributed by atoms with Crippen molar-refractivity contribution in [3.8, 4) is 0 Å². The van der Waals surface area contributed by atoms with E-state index in [1.807, 2.05) is 6.07 Å². The molecule has 0 amide bonds. The van der Waals surface area contributed by atoms with E-state index in [2.05, 4.69) is 4.90 Å². The molecule has 5 nitrogen and oxygen atoms in total. The molecular weight excluding hydrogens is 230 g/mol. The van der Waals surface area contributed by atoms with Gasteiger partial charge in [0.2, 0.25) is 0 Å². The largest absolute Gasteiger partial charge is 0.324 e. The van der Waals surface area contributed by atoms with E-state index >= 15 is 0 Å². The smallest absolute Gasteiger partial charge is 0.269 e. The third-order valence-electron chi connectivity index (χ3n) is 3.46. The first-order valence-electron chi connectivity index (χ1n) is 6.39. The van der Waals surface area contributed by atoms with Crippen LogP contribution in [0.3, 0.4) is 0 Å². The molecule has 1 aliphatic heterocycles. The summed E-state index contributed by atoms with van der Waals surface area (Å²) in [6, 6.07) is 6.52. The van der Waals surface area contributed by atoms with Gasteiger partial charge in [-0.25, -0.2) is 0 Å². The highest BCUT2D eigenvalue weighted by Crippen LogP contribution is 2.20. The Morgan fingerprint density at radius 1 is 1.39 bits per heavy atom. The van der Waals surface area contributed by atoms with Crippen LogP contribution in [-0.4, -0.2) is 29.5 Å². The minimum absolute atomic E-state index is 0.115. The number of non-ortho nitro benzene ring substituents is 1. The van der Waals surface area contributed by atoms with Gasteiger partial charge in [0.1, 0.15) is 0 Å². The summed E-state index contributed by atoms with van der Waals surface area (Å²) in [5, 5.41) is 10.7. The van der Waals surface area contributed by atoms with Gasteiger partial charge in [-0.3, -0.25) is 10.1 Å². The summed E-state index contributed by atoms with van der Waals surface area (Å²) in [6.45, 7) is 3.28. The molecule has 0 aliphatic carbocycles. The normalized spacial score (nSPS) is 17.8. The molecule has 1 saturated heterocycles. The van der Waals surface area contributed by atoms with Crippen LogP contribution in [0.25, 0.3) is 0 Å². The highest BCUT2D eigenvalue weighted by Gasteiger charge is 2.15. The Bertz CT molecular complexity index is 416. The monoisotopic (exact) mass is 249 g/mol. The topological polar surface area (TPSA) is 72.4 Å². The number of nitrogens with zero attached hydrogens (tertiary/aromatic N) is 2. The van der Waals surface area contributed by atoms with E-state index in [0.717, 1.165) is 31.6 Å². The van der Waals surface area contributed by atoms with Crippen LogP contribution < -0.4 is 5.73 Å². The predicted octanol–water partition coefficient (Wildman–Crippen LogP) is 2.08. The van der Waals surface area contributed by atoms with Crippen molar-refractivity contribution in [1.82, 2.24) is 4.90 Å². The van der Waals surface area contributed by atoms with Crippen LogP contribution in [0.4, 0.5) is 5.69 Å². The zero-order valence-electron chi connectivity index (χ0n) is 10.4. The molecular formula is C13H19N3O2. The molecule has 0 bridgehead atoms. The molecule has 98 valence electrons. The highest BCUT2D eigenvalue weighted by atomic mass is 16.6. The average molecular weight is 249 g/mol. The number of nitro groups is 1. The van der Waals surface area contributed by atoms with Gasteiger partial charge in [0.05, 0.1) is 4.92 Å². The molecule has 1 atom stereocenters. The molecule has 18 heavy (non-hydrogen) atoms. The van der Waals surface area contributed by atoms with Crippen molar-refractivity contribution in [3.05, 3.63) is 39.9 Å². The lowest BCUT2D eigenvalue weighted by atomic mass is 10.0. The number of likely N-dealkylation sites (tertiary alicyclic amines) is 1. The van der Waals surface area contributed by atoms with E-state index in [1.54, 1.807) is 12.1 Å². The number of hydrogen-bond acceptors (Lipinski definition) is 4. The Morgan fingerprint density at radius 3 is 2.78 bits per heavy atom. The van der Waals surface area contributed by atoms with Crippen LogP contribution in [0.1, 0.15) is 30.9 Å². The van der Waals surface area contributed by atoms with Gasteiger partial charge in [-0.05, 0) is 44.5 Å². The third kappa shape index (κ3) is 3.27. The van der Waals surface area contributed by atoms with Crippen LogP contribution >= 0.6 is 0 Å². The molecule has 0 unspecified atom stereocenters. The maximum Gasteiger partial charge on any atom is 0.269 e. The van der Waals surface area contributed by atoms with Gasteiger partial charge < -0.3 is 10.6 Å². The molecule has 1 fully saturated rings. The molecule has 1 aromatic carbocycles. The minimum Gasteiger partial charge on any atom is -0.324 e. The number of nitro benzene ring substituents is 1. The summed E-state index contributed by atoms with van der Waals surface area (Å²) in [5.41, 5.74) is 7.06. The third-order valence-corrected chi connectivity index (χ3v) is 3.46. The van der Waals surface area contributed by atoms with Crippen molar-refractivity contribution < 1.29 is 4.92 Å². The second-order valence-electron chi connectivity index (χ2n) is 4.80. The lowest BCUT2D eigenvalue weighted by Crippen LogP contribution is -2.24. The van der Waals surface area contributed by atoms with E-state index in [4.69, 9.17) is 5.73 Å². The molecule has 0 saturated carbocycles. The summed E-state index contributed by atoms with van der Waals surface area (Å²) >= 11 is 0. The van der Waals surface area contributed by atoms with Gasteiger partial charge >= 0.3 is 0 Å². The Kier molecular flexibility index (Phi) is 4.28. The van der Waals surface area contributed by atoms with Crippen LogP contribution in [0.5, 0.6) is 0 Å². The van der Waals surface area contributed by atoms with E-state index in [-0.39, 0.29) is 16.7 Å². The lowest BCUT2D eigenvalue weighted by molar-refractivity contribution is -0.384. The molecule has 1 heterocycles. The SMILES string of the molecule is N[C@@H](CCN1CCCC1)c1cccc([N+](=O)[O-])c1. The van der Waals surface area contributed by atoms with Gasteiger partial charge in [0, 0.05) is 18.2 Å². The van der Waals surface area contributed by atoms with E-state index in [9.17, 15) is 10.1 Å². The van der Waals surface area contributed by atoms with Crippen LogP contribution in [0.2, 0.25) is 0 Å². The van der Waals surface area contributed by atoms with Gasteiger partial charge in [-0.2, -0.15) is 0 Å². The minimum atomic E-state index is -0.378. The predicted molar refractivity (Wildman–Crippen MR) is 70.3 cm³/mol. The second-order valence-corrected chi connectivity index (χ2v) is 4.80. The van der Waals surface area contributed by atoms with Crippen molar-refractivity contribution in [2.24, 2.45) is 5.73 Å². The zero-order chi connectivity index (χ0) is 13.0. The first kappa shape index (κ1) is 13.0. The maximum atomic E-state index is 10.7. The number of benzene rings is 1. The molecule has 0 radical (unpaired) electrons. The van der Waals surface area contributed by atoms with Gasteiger partial charge in [0.15, 0.2) is 0 Å². The molecule has 1 aromatic rings. The van der Waals surface area contributed by atoms with E-state index in [0.29, 0.717) is 0 Å². The molecule has 5 heteroatoms. The summed E-state index contributed by atoms with van der Waals surface area (Å²) in [6.07, 6.45) is 3.39. The molecule has 2 rings (SSSR count). The first-order valence-corrected chi connectivity index (χ1v) is 6.39. The lowest BCUT2D eigenvalue weighted by Gasteiger charge is -2.18. The van der Waals surface area contributed by atoms with Crippen LogP contribution in [-0.2, 0) is 0 Å². The Morgan fingerprint density at radius 2 is 2.11 bits per heavy atom. The van der Waals surface area contributed by atoms with Crippen molar-refractivity contribution in [2.45, 2.75) is 25.3 Å². The standard InChI is InChI=1S/C13H19N3O2/c14-13(6-9-15-7-1-2-8-15)11-4-3-5-12(10-11)16(17)18/h3-5,10,13H,1-2,6-9,14H2/t13-/m0/s1. The quantitative estimate of drug-likeness (QED) is 0.640. The van der Waals surface area contributed by atoms with Gasteiger partial charge in [-0.1, -0.05) is 12.1 Å². The van der Waals surface area contributed by atoms with Gasteiger partial charge in [0.25, 0.3) is 5.69 Å². The zero-order valence-corrected chi connectivity index (χ0v) is 10.4. The number of nitrogens with two attached hydrogens (primary N) is 1. The van der Waals surface area contributed by atoms with E-state index < -0.39 is 0 Å². The van der Waals surface area contributed by atoms with Gasteiger partial charge in [-0.15, -0.1) is 0 Å². The summed E-state index contributed by atoms with van der Waals surface area (Å²) in [4.78, 5) is 12.7. The Labute approximate surface area is 107 Å². The fraction of sp³-hybridized carbons (Fsp3) is 0.538. The van der Waals surface area contributed by atoms with Crippen LogP contribution in [0.15, 0.2) is 24.3 Å². The fourth-order valence-corrected chi connectivity index (χ4v) is 2.36. The number of rotatable bonds is 5. The molecule has 0 aromatic heterocycles. The van der Waals surface area contributed by atoms with Crippen molar-refractivity contribution in [2.75, 3.05) is 19.6 Å². The van der Waals surface area contributed by atoms with Crippen molar-refractivity contribution in [3.63, 3.8) is 0 Å². The molecule has 0 spiro atoms. The Hall–Kier alpha value is -1.46. The highest BCUT2D eigenvalue weighted by molar-refractivity contribution is 5.35. The molecule has 1 aliphatic rings. The Balaban J connectivity index is 1.93. The summed E-state index contributed by atoms with van der Waals surface area (Å²) in [7, 11) is 0. The van der Waals surface area contributed by atoms with Crippen molar-refractivity contribution >= 4 is 5.69 Å². The first-order chi connectivity index (χ1) is 8.66. The maximum absolute atomic E-state index is 10.7. The summed E-state index contributed by atoms with van der Waals surface area (Å²) < 4.78 is 0. The second kappa shape index (κ2) is 5.93. The van der Waals surface area contributed by atoms with Crippen molar-refractivity contribution in [1.29, 1.82) is 0 Å². The number of hydrogen-bond donors (Lipinski definition) is 1.